The fourth-order valence-electron chi connectivity index (χ4n) is 1.69. The Balaban J connectivity index is 1.86. The Morgan fingerprint density at radius 1 is 1.65 bits per heavy atom. The molecule has 1 aromatic heterocycles. The first-order valence-electron chi connectivity index (χ1n) is 5.85. The van der Waals surface area contributed by atoms with Crippen LogP contribution in [0.25, 0.3) is 0 Å². The smallest absolute Gasteiger partial charge is 0.169 e. The molecule has 0 aliphatic heterocycles. The SMILES string of the molecule is COCCNC(=S)N(Cc1ccsc1)C1CC1. The lowest BCUT2D eigenvalue weighted by Gasteiger charge is -2.25. The standard InChI is InChI=1S/C12H18N2OS2/c1-15-6-5-13-12(16)14(11-2-3-11)8-10-4-7-17-9-10/h4,7,9,11H,2-3,5-6,8H2,1H3,(H,13,16). The van der Waals surface area contributed by atoms with Crippen LogP contribution in [0.1, 0.15) is 18.4 Å². The van der Waals surface area contributed by atoms with Gasteiger partial charge in [0.2, 0.25) is 0 Å². The molecule has 0 spiro atoms. The molecule has 0 unspecified atom stereocenters. The molecular formula is C12H18N2OS2. The molecule has 1 saturated carbocycles. The summed E-state index contributed by atoms with van der Waals surface area (Å²) in [6.07, 6.45) is 2.52. The van der Waals surface area contributed by atoms with Gasteiger partial charge in [-0.15, -0.1) is 0 Å². The van der Waals surface area contributed by atoms with Crippen LogP contribution < -0.4 is 5.32 Å². The molecule has 1 aliphatic rings. The van der Waals surface area contributed by atoms with Crippen molar-refractivity contribution in [2.75, 3.05) is 20.3 Å². The maximum absolute atomic E-state index is 5.44. The number of methoxy groups -OCH3 is 1. The van der Waals surface area contributed by atoms with E-state index in [4.69, 9.17) is 17.0 Å². The van der Waals surface area contributed by atoms with E-state index in [2.05, 4.69) is 27.0 Å². The van der Waals surface area contributed by atoms with E-state index in [-0.39, 0.29) is 0 Å². The average Bonchev–Trinajstić information content (AvgIpc) is 3.03. The van der Waals surface area contributed by atoms with Gasteiger partial charge < -0.3 is 15.0 Å². The van der Waals surface area contributed by atoms with Gasteiger partial charge in [0, 0.05) is 26.2 Å². The third-order valence-electron chi connectivity index (χ3n) is 2.76. The van der Waals surface area contributed by atoms with Crippen LogP contribution in [0.4, 0.5) is 0 Å². The second-order valence-electron chi connectivity index (χ2n) is 4.22. The number of rotatable bonds is 6. The molecular weight excluding hydrogens is 252 g/mol. The van der Waals surface area contributed by atoms with Crippen molar-refractivity contribution >= 4 is 28.7 Å². The van der Waals surface area contributed by atoms with Gasteiger partial charge in [-0.3, -0.25) is 0 Å². The first-order chi connectivity index (χ1) is 8.31. The van der Waals surface area contributed by atoms with E-state index >= 15 is 0 Å². The molecule has 0 radical (unpaired) electrons. The number of ether oxygens (including phenoxy) is 1. The number of hydrogen-bond acceptors (Lipinski definition) is 3. The van der Waals surface area contributed by atoms with E-state index in [0.717, 1.165) is 18.2 Å². The number of thiocarbonyl (C=S) groups is 1. The Hall–Kier alpha value is -0.650. The average molecular weight is 270 g/mol. The fraction of sp³-hybridized carbons (Fsp3) is 0.583. The molecule has 94 valence electrons. The predicted octanol–water partition coefficient (Wildman–Crippen LogP) is 2.23. The van der Waals surface area contributed by atoms with Gasteiger partial charge in [0.05, 0.1) is 6.61 Å². The van der Waals surface area contributed by atoms with Crippen molar-refractivity contribution in [3.63, 3.8) is 0 Å². The van der Waals surface area contributed by atoms with Crippen molar-refractivity contribution in [1.82, 2.24) is 10.2 Å². The summed E-state index contributed by atoms with van der Waals surface area (Å²) in [5.41, 5.74) is 1.35. The van der Waals surface area contributed by atoms with Gasteiger partial charge in [-0.25, -0.2) is 0 Å². The topological polar surface area (TPSA) is 24.5 Å². The van der Waals surface area contributed by atoms with Crippen molar-refractivity contribution in [2.24, 2.45) is 0 Å². The van der Waals surface area contributed by atoms with E-state index in [1.807, 2.05) is 0 Å². The zero-order chi connectivity index (χ0) is 12.1. The molecule has 0 aromatic carbocycles. The molecule has 5 heteroatoms. The lowest BCUT2D eigenvalue weighted by Crippen LogP contribution is -2.41. The molecule has 17 heavy (non-hydrogen) atoms. The van der Waals surface area contributed by atoms with Crippen molar-refractivity contribution in [3.05, 3.63) is 22.4 Å². The molecule has 0 amide bonds. The molecule has 0 saturated heterocycles. The van der Waals surface area contributed by atoms with Gasteiger partial charge in [-0.1, -0.05) is 0 Å². The van der Waals surface area contributed by atoms with Crippen LogP contribution in [0.3, 0.4) is 0 Å². The van der Waals surface area contributed by atoms with Crippen molar-refractivity contribution in [2.45, 2.75) is 25.4 Å². The number of hydrogen-bond donors (Lipinski definition) is 1. The van der Waals surface area contributed by atoms with E-state index in [1.165, 1.54) is 18.4 Å². The number of nitrogens with one attached hydrogen (secondary N) is 1. The van der Waals surface area contributed by atoms with E-state index in [9.17, 15) is 0 Å². The number of nitrogens with zero attached hydrogens (tertiary/aromatic N) is 1. The monoisotopic (exact) mass is 270 g/mol. The zero-order valence-corrected chi connectivity index (χ0v) is 11.6. The van der Waals surface area contributed by atoms with Crippen molar-refractivity contribution < 1.29 is 4.74 Å². The van der Waals surface area contributed by atoms with Crippen molar-refractivity contribution in [3.8, 4) is 0 Å². The quantitative estimate of drug-likeness (QED) is 0.633. The van der Waals surface area contributed by atoms with Crippen LogP contribution in [0.2, 0.25) is 0 Å². The summed E-state index contributed by atoms with van der Waals surface area (Å²) in [6.45, 7) is 2.40. The summed E-state index contributed by atoms with van der Waals surface area (Å²) in [4.78, 5) is 2.30. The lowest BCUT2D eigenvalue weighted by molar-refractivity contribution is 0.202. The minimum absolute atomic E-state index is 0.637. The Morgan fingerprint density at radius 3 is 3.06 bits per heavy atom. The first-order valence-corrected chi connectivity index (χ1v) is 7.21. The molecule has 1 aromatic rings. The largest absolute Gasteiger partial charge is 0.383 e. The van der Waals surface area contributed by atoms with E-state index in [0.29, 0.717) is 12.6 Å². The molecule has 3 nitrogen and oxygen atoms in total. The van der Waals surface area contributed by atoms with E-state index < -0.39 is 0 Å². The normalized spacial score (nSPS) is 14.6. The second kappa shape index (κ2) is 6.33. The van der Waals surface area contributed by atoms with Gasteiger partial charge in [-0.2, -0.15) is 11.3 Å². The van der Waals surface area contributed by atoms with Gasteiger partial charge >= 0.3 is 0 Å². The van der Waals surface area contributed by atoms with E-state index in [1.54, 1.807) is 18.4 Å². The van der Waals surface area contributed by atoms with Crippen LogP contribution in [0, 0.1) is 0 Å². The minimum atomic E-state index is 0.637. The van der Waals surface area contributed by atoms with Crippen LogP contribution in [0.5, 0.6) is 0 Å². The van der Waals surface area contributed by atoms with Gasteiger partial charge in [0.25, 0.3) is 0 Å². The summed E-state index contributed by atoms with van der Waals surface area (Å²) in [6, 6.07) is 2.80. The van der Waals surface area contributed by atoms with Gasteiger partial charge in [-0.05, 0) is 47.4 Å². The first kappa shape index (κ1) is 12.8. The highest BCUT2D eigenvalue weighted by Gasteiger charge is 2.30. The molecule has 0 bridgehead atoms. The lowest BCUT2D eigenvalue weighted by atomic mass is 10.3. The molecule has 1 fully saturated rings. The maximum atomic E-state index is 5.44. The molecule has 1 heterocycles. The maximum Gasteiger partial charge on any atom is 0.169 e. The van der Waals surface area contributed by atoms with Crippen LogP contribution in [-0.2, 0) is 11.3 Å². The van der Waals surface area contributed by atoms with Crippen LogP contribution in [0.15, 0.2) is 16.8 Å². The Morgan fingerprint density at radius 2 is 2.47 bits per heavy atom. The predicted molar refractivity (Wildman–Crippen MR) is 75.4 cm³/mol. The summed E-state index contributed by atoms with van der Waals surface area (Å²) < 4.78 is 5.01. The summed E-state index contributed by atoms with van der Waals surface area (Å²) in [5.74, 6) is 0. The summed E-state index contributed by atoms with van der Waals surface area (Å²) >= 11 is 7.18. The molecule has 1 N–H and O–H groups in total. The van der Waals surface area contributed by atoms with Crippen LogP contribution in [-0.4, -0.2) is 36.3 Å². The molecule has 0 atom stereocenters. The fourth-order valence-corrected chi connectivity index (χ4v) is 2.67. The minimum Gasteiger partial charge on any atom is -0.383 e. The van der Waals surface area contributed by atoms with Gasteiger partial charge in [0.15, 0.2) is 5.11 Å². The van der Waals surface area contributed by atoms with Crippen molar-refractivity contribution in [1.29, 1.82) is 0 Å². The Kier molecular flexibility index (Phi) is 4.76. The Bertz CT molecular complexity index is 349. The van der Waals surface area contributed by atoms with Crippen LogP contribution >= 0.6 is 23.6 Å². The molecule has 1 aliphatic carbocycles. The third-order valence-corrected chi connectivity index (χ3v) is 3.87. The van der Waals surface area contributed by atoms with Gasteiger partial charge in [0.1, 0.15) is 0 Å². The Labute approximate surface area is 112 Å². The summed E-state index contributed by atoms with van der Waals surface area (Å²) in [7, 11) is 1.70. The highest BCUT2D eigenvalue weighted by molar-refractivity contribution is 7.80. The third kappa shape index (κ3) is 3.94. The number of thiophene rings is 1. The molecule has 2 rings (SSSR count). The summed E-state index contributed by atoms with van der Waals surface area (Å²) in [5, 5.41) is 8.41. The highest BCUT2D eigenvalue weighted by atomic mass is 32.1. The zero-order valence-electron chi connectivity index (χ0n) is 10.0. The second-order valence-corrected chi connectivity index (χ2v) is 5.38. The highest BCUT2D eigenvalue weighted by Crippen LogP contribution is 2.28.